The highest BCUT2D eigenvalue weighted by atomic mass is 16.3. The molecule has 0 bridgehead atoms. The monoisotopic (exact) mass is 228 g/mol. The lowest BCUT2D eigenvalue weighted by Gasteiger charge is -2.27. The maximum Gasteiger partial charge on any atom is 0.221 e. The third-order valence-corrected chi connectivity index (χ3v) is 2.66. The van der Waals surface area contributed by atoms with E-state index >= 15 is 0 Å². The molecule has 4 heteroatoms. The van der Waals surface area contributed by atoms with Gasteiger partial charge in [0.15, 0.2) is 0 Å². The summed E-state index contributed by atoms with van der Waals surface area (Å²) in [6, 6.07) is 0.442. The minimum absolute atomic E-state index is 0.136. The average molecular weight is 228 g/mol. The molecule has 1 aliphatic carbocycles. The molecule has 94 valence electrons. The predicted octanol–water partition coefficient (Wildman–Crippen LogP) is 0.748. The van der Waals surface area contributed by atoms with Crippen molar-refractivity contribution < 1.29 is 9.90 Å². The quantitative estimate of drug-likeness (QED) is 0.676. The van der Waals surface area contributed by atoms with Crippen LogP contribution >= 0.6 is 0 Å². The lowest BCUT2D eigenvalue weighted by atomic mass is 10.1. The first-order valence-corrected chi connectivity index (χ1v) is 6.15. The molecule has 0 spiro atoms. The summed E-state index contributed by atoms with van der Waals surface area (Å²) in [5.74, 6) is 0.136. The zero-order valence-electron chi connectivity index (χ0n) is 10.6. The minimum Gasteiger partial charge on any atom is -0.389 e. The number of aliphatic hydroxyl groups is 1. The van der Waals surface area contributed by atoms with Gasteiger partial charge in [-0.15, -0.1) is 0 Å². The SMILES string of the molecule is CCN(CCC(=O)NC1CC1)CC(C)(C)O. The standard InChI is InChI=1S/C12H24N2O2/c1-4-14(9-12(2,3)16)8-7-11(15)13-10-5-6-10/h10,16H,4-9H2,1-3H3,(H,13,15). The van der Waals surface area contributed by atoms with Crippen LogP contribution in [0.3, 0.4) is 0 Å². The van der Waals surface area contributed by atoms with E-state index in [0.29, 0.717) is 19.0 Å². The van der Waals surface area contributed by atoms with Crippen molar-refractivity contribution in [3.8, 4) is 0 Å². The van der Waals surface area contributed by atoms with Gasteiger partial charge in [0.05, 0.1) is 5.60 Å². The molecule has 0 radical (unpaired) electrons. The van der Waals surface area contributed by atoms with Crippen molar-refractivity contribution in [3.63, 3.8) is 0 Å². The summed E-state index contributed by atoms with van der Waals surface area (Å²) in [6.07, 6.45) is 2.79. The third kappa shape index (κ3) is 6.08. The van der Waals surface area contributed by atoms with Crippen LogP contribution in [0.1, 0.15) is 40.0 Å². The highest BCUT2D eigenvalue weighted by Gasteiger charge is 2.23. The van der Waals surface area contributed by atoms with Gasteiger partial charge in [-0.25, -0.2) is 0 Å². The van der Waals surface area contributed by atoms with Crippen LogP contribution in [0.4, 0.5) is 0 Å². The number of likely N-dealkylation sites (N-methyl/N-ethyl adjacent to an activating group) is 1. The van der Waals surface area contributed by atoms with Crippen molar-refractivity contribution in [2.24, 2.45) is 0 Å². The summed E-state index contributed by atoms with van der Waals surface area (Å²) in [7, 11) is 0. The van der Waals surface area contributed by atoms with E-state index < -0.39 is 5.60 Å². The van der Waals surface area contributed by atoms with E-state index in [1.807, 2.05) is 6.92 Å². The van der Waals surface area contributed by atoms with Gasteiger partial charge < -0.3 is 15.3 Å². The third-order valence-electron chi connectivity index (χ3n) is 2.66. The van der Waals surface area contributed by atoms with Crippen molar-refractivity contribution in [1.82, 2.24) is 10.2 Å². The van der Waals surface area contributed by atoms with Gasteiger partial charge in [0, 0.05) is 25.6 Å². The molecule has 1 saturated carbocycles. The molecule has 1 amide bonds. The molecule has 0 aromatic rings. The topological polar surface area (TPSA) is 52.6 Å². The number of rotatable bonds is 7. The number of hydrogen-bond donors (Lipinski definition) is 2. The second-order valence-corrected chi connectivity index (χ2v) is 5.27. The molecular weight excluding hydrogens is 204 g/mol. The van der Waals surface area contributed by atoms with Gasteiger partial charge >= 0.3 is 0 Å². The van der Waals surface area contributed by atoms with E-state index in [-0.39, 0.29) is 5.91 Å². The van der Waals surface area contributed by atoms with Gasteiger partial charge in [-0.2, -0.15) is 0 Å². The highest BCUT2D eigenvalue weighted by Crippen LogP contribution is 2.18. The average Bonchev–Trinajstić information content (AvgIpc) is 2.94. The van der Waals surface area contributed by atoms with Crippen LogP contribution in [-0.2, 0) is 4.79 Å². The Hall–Kier alpha value is -0.610. The number of nitrogens with one attached hydrogen (secondary N) is 1. The fourth-order valence-electron chi connectivity index (χ4n) is 1.68. The van der Waals surface area contributed by atoms with E-state index in [1.165, 1.54) is 0 Å². The summed E-state index contributed by atoms with van der Waals surface area (Å²) in [6.45, 7) is 7.82. The molecule has 0 aromatic carbocycles. The fraction of sp³-hybridized carbons (Fsp3) is 0.917. The highest BCUT2D eigenvalue weighted by molar-refractivity contribution is 5.76. The Morgan fingerprint density at radius 1 is 1.50 bits per heavy atom. The lowest BCUT2D eigenvalue weighted by Crippen LogP contribution is -2.40. The molecular formula is C12H24N2O2. The molecule has 0 saturated heterocycles. The number of carbonyl (C=O) groups excluding carboxylic acids is 1. The van der Waals surface area contributed by atoms with Crippen molar-refractivity contribution in [2.75, 3.05) is 19.6 Å². The van der Waals surface area contributed by atoms with Gasteiger partial charge in [0.1, 0.15) is 0 Å². The molecule has 4 nitrogen and oxygen atoms in total. The van der Waals surface area contributed by atoms with Crippen molar-refractivity contribution in [1.29, 1.82) is 0 Å². The Balaban J connectivity index is 2.19. The molecule has 0 heterocycles. The van der Waals surface area contributed by atoms with E-state index in [4.69, 9.17) is 0 Å². The van der Waals surface area contributed by atoms with Crippen LogP contribution in [0, 0.1) is 0 Å². The van der Waals surface area contributed by atoms with Gasteiger partial charge in [-0.1, -0.05) is 6.92 Å². The number of nitrogens with zero attached hydrogens (tertiary/aromatic N) is 1. The van der Waals surface area contributed by atoms with Crippen LogP contribution in [0.5, 0.6) is 0 Å². The fourth-order valence-corrected chi connectivity index (χ4v) is 1.68. The summed E-state index contributed by atoms with van der Waals surface area (Å²) in [5, 5.41) is 12.7. The zero-order valence-corrected chi connectivity index (χ0v) is 10.6. The maximum atomic E-state index is 11.5. The Labute approximate surface area is 98.0 Å². The van der Waals surface area contributed by atoms with Crippen LogP contribution < -0.4 is 5.32 Å². The van der Waals surface area contributed by atoms with Crippen LogP contribution in [-0.4, -0.2) is 47.2 Å². The van der Waals surface area contributed by atoms with Gasteiger partial charge in [-0.05, 0) is 33.2 Å². The van der Waals surface area contributed by atoms with Crippen molar-refractivity contribution in [3.05, 3.63) is 0 Å². The van der Waals surface area contributed by atoms with E-state index in [0.717, 1.165) is 25.9 Å². The number of amides is 1. The lowest BCUT2D eigenvalue weighted by molar-refractivity contribution is -0.121. The zero-order chi connectivity index (χ0) is 12.2. The molecule has 1 aliphatic rings. The van der Waals surface area contributed by atoms with Crippen molar-refractivity contribution in [2.45, 2.75) is 51.7 Å². The number of carbonyl (C=O) groups is 1. The Morgan fingerprint density at radius 3 is 2.56 bits per heavy atom. The van der Waals surface area contributed by atoms with Gasteiger partial charge in [0.2, 0.25) is 5.91 Å². The summed E-state index contributed by atoms with van der Waals surface area (Å²) < 4.78 is 0. The molecule has 0 aromatic heterocycles. The maximum absolute atomic E-state index is 11.5. The molecule has 2 N–H and O–H groups in total. The first-order valence-electron chi connectivity index (χ1n) is 6.15. The van der Waals surface area contributed by atoms with E-state index in [1.54, 1.807) is 13.8 Å². The second kappa shape index (κ2) is 5.64. The van der Waals surface area contributed by atoms with Crippen LogP contribution in [0.2, 0.25) is 0 Å². The molecule has 1 fully saturated rings. The first kappa shape index (κ1) is 13.5. The van der Waals surface area contributed by atoms with Crippen LogP contribution in [0.25, 0.3) is 0 Å². The molecule has 0 aliphatic heterocycles. The summed E-state index contributed by atoms with van der Waals surface area (Å²) in [4.78, 5) is 13.6. The first-order chi connectivity index (χ1) is 7.40. The van der Waals surface area contributed by atoms with Gasteiger partial charge in [-0.3, -0.25) is 4.79 Å². The molecule has 16 heavy (non-hydrogen) atoms. The largest absolute Gasteiger partial charge is 0.389 e. The normalized spacial score (nSPS) is 16.6. The molecule has 0 atom stereocenters. The second-order valence-electron chi connectivity index (χ2n) is 5.27. The van der Waals surface area contributed by atoms with E-state index in [2.05, 4.69) is 10.2 Å². The van der Waals surface area contributed by atoms with Crippen molar-refractivity contribution >= 4 is 5.91 Å². The Morgan fingerprint density at radius 2 is 2.12 bits per heavy atom. The summed E-state index contributed by atoms with van der Waals surface area (Å²) in [5.41, 5.74) is -0.691. The molecule has 1 rings (SSSR count). The predicted molar refractivity (Wildman–Crippen MR) is 64.2 cm³/mol. The van der Waals surface area contributed by atoms with E-state index in [9.17, 15) is 9.90 Å². The van der Waals surface area contributed by atoms with Crippen LogP contribution in [0.15, 0.2) is 0 Å². The summed E-state index contributed by atoms with van der Waals surface area (Å²) >= 11 is 0. The Bertz CT molecular complexity index is 232. The van der Waals surface area contributed by atoms with Gasteiger partial charge in [0.25, 0.3) is 0 Å². The Kier molecular flexibility index (Phi) is 4.74. The number of hydrogen-bond acceptors (Lipinski definition) is 3. The smallest absolute Gasteiger partial charge is 0.221 e. The molecule has 0 unspecified atom stereocenters. The minimum atomic E-state index is -0.691.